The maximum atomic E-state index is 12.1. The van der Waals surface area contributed by atoms with Crippen molar-refractivity contribution in [2.75, 3.05) is 29.9 Å². The monoisotopic (exact) mass is 409 g/mol. The summed E-state index contributed by atoms with van der Waals surface area (Å²) in [5.74, 6) is 1.36. The largest absolute Gasteiger partial charge is 0.371 e. The quantitative estimate of drug-likeness (QED) is 0.611. The Morgan fingerprint density at radius 2 is 1.71 bits per heavy atom. The number of hydrogen-bond acceptors (Lipinski definition) is 4. The maximum Gasteiger partial charge on any atom is 0.224 e. The smallest absolute Gasteiger partial charge is 0.224 e. The van der Waals surface area contributed by atoms with Crippen molar-refractivity contribution in [1.82, 2.24) is 4.72 Å². The van der Waals surface area contributed by atoms with E-state index in [1.807, 2.05) is 12.1 Å². The lowest BCUT2D eigenvalue weighted by atomic mass is 9.91. The maximum absolute atomic E-state index is 12.1. The fourth-order valence-corrected chi connectivity index (χ4v) is 4.41. The zero-order valence-corrected chi connectivity index (χ0v) is 18.4. The van der Waals surface area contributed by atoms with E-state index in [-0.39, 0.29) is 5.91 Å². The molecule has 1 aliphatic heterocycles. The van der Waals surface area contributed by atoms with Gasteiger partial charge in [0, 0.05) is 37.4 Å². The van der Waals surface area contributed by atoms with Crippen LogP contribution in [0.1, 0.15) is 53.4 Å². The molecule has 2 rings (SSSR count). The van der Waals surface area contributed by atoms with Crippen molar-refractivity contribution < 1.29 is 13.2 Å². The number of carbonyl (C=O) groups is 1. The molecule has 0 spiro atoms. The second-order valence-corrected chi connectivity index (χ2v) is 10.7. The van der Waals surface area contributed by atoms with E-state index in [0.717, 1.165) is 18.8 Å². The number of sulfonamides is 1. The van der Waals surface area contributed by atoms with Gasteiger partial charge >= 0.3 is 0 Å². The van der Waals surface area contributed by atoms with E-state index in [1.165, 1.54) is 12.1 Å². The Hall–Kier alpha value is -1.60. The van der Waals surface area contributed by atoms with Crippen molar-refractivity contribution in [2.24, 2.45) is 11.8 Å². The highest BCUT2D eigenvalue weighted by molar-refractivity contribution is 7.90. The van der Waals surface area contributed by atoms with Gasteiger partial charge in [0.25, 0.3) is 0 Å². The molecule has 158 valence electrons. The molecule has 0 aromatic heterocycles. The Morgan fingerprint density at radius 3 is 2.29 bits per heavy atom. The molecule has 1 aliphatic rings. The van der Waals surface area contributed by atoms with Gasteiger partial charge in [-0.1, -0.05) is 13.8 Å². The van der Waals surface area contributed by atoms with Crippen LogP contribution in [-0.4, -0.2) is 39.2 Å². The average Bonchev–Trinajstić information content (AvgIpc) is 2.61. The second-order valence-electron chi connectivity index (χ2n) is 8.39. The Kier molecular flexibility index (Phi) is 8.31. The molecule has 0 radical (unpaired) electrons. The summed E-state index contributed by atoms with van der Waals surface area (Å²) in [5.41, 5.74) is 2.00. The lowest BCUT2D eigenvalue weighted by molar-refractivity contribution is -0.116. The number of hydrogen-bond donors (Lipinski definition) is 2. The molecule has 0 bridgehead atoms. The van der Waals surface area contributed by atoms with Gasteiger partial charge in [-0.05, 0) is 69.2 Å². The summed E-state index contributed by atoms with van der Waals surface area (Å²) in [4.78, 5) is 14.5. The molecule has 28 heavy (non-hydrogen) atoms. The summed E-state index contributed by atoms with van der Waals surface area (Å²) >= 11 is 0. The predicted octanol–water partition coefficient (Wildman–Crippen LogP) is 3.61. The third-order valence-corrected chi connectivity index (χ3v) is 6.99. The molecular formula is C21H35N3O3S. The molecular weight excluding hydrogens is 374 g/mol. The summed E-state index contributed by atoms with van der Waals surface area (Å²) in [6, 6.07) is 8.05. The van der Waals surface area contributed by atoms with Crippen molar-refractivity contribution in [3.63, 3.8) is 0 Å². The molecule has 1 aromatic rings. The van der Waals surface area contributed by atoms with E-state index in [1.54, 1.807) is 13.8 Å². The fourth-order valence-electron chi connectivity index (χ4n) is 3.64. The number of piperidine rings is 1. The number of benzene rings is 1. The first-order chi connectivity index (χ1) is 13.2. The third-order valence-electron chi connectivity index (χ3n) is 5.14. The molecule has 2 atom stereocenters. The molecule has 1 amide bonds. The summed E-state index contributed by atoms with van der Waals surface area (Å²) in [6.07, 6.45) is 2.95. The first kappa shape index (κ1) is 22.7. The van der Waals surface area contributed by atoms with E-state index < -0.39 is 15.3 Å². The van der Waals surface area contributed by atoms with Crippen LogP contribution in [0.2, 0.25) is 0 Å². The number of nitrogens with one attached hydrogen (secondary N) is 2. The molecule has 1 unspecified atom stereocenters. The minimum Gasteiger partial charge on any atom is -0.371 e. The molecule has 7 heteroatoms. The minimum atomic E-state index is -3.22. The first-order valence-corrected chi connectivity index (χ1v) is 11.9. The zero-order chi connectivity index (χ0) is 20.7. The van der Waals surface area contributed by atoms with Gasteiger partial charge in [0.05, 0.1) is 5.25 Å². The summed E-state index contributed by atoms with van der Waals surface area (Å²) < 4.78 is 25.9. The van der Waals surface area contributed by atoms with E-state index >= 15 is 0 Å². The van der Waals surface area contributed by atoms with Crippen LogP contribution in [0, 0.1) is 11.8 Å². The number of unbranched alkanes of at least 4 members (excludes halogenated alkanes) is 1. The van der Waals surface area contributed by atoms with E-state index in [2.05, 4.69) is 40.9 Å². The van der Waals surface area contributed by atoms with Crippen LogP contribution in [0.3, 0.4) is 0 Å². The number of amides is 1. The molecule has 1 heterocycles. The molecule has 1 saturated heterocycles. The highest BCUT2D eigenvalue weighted by Gasteiger charge is 2.21. The fraction of sp³-hybridized carbons (Fsp3) is 0.667. The first-order valence-electron chi connectivity index (χ1n) is 10.3. The number of nitrogens with zero attached hydrogens (tertiary/aromatic N) is 1. The van der Waals surface area contributed by atoms with Gasteiger partial charge in [-0.3, -0.25) is 4.79 Å². The van der Waals surface area contributed by atoms with Crippen LogP contribution < -0.4 is 14.9 Å². The van der Waals surface area contributed by atoms with Gasteiger partial charge in [-0.15, -0.1) is 0 Å². The van der Waals surface area contributed by atoms with Gasteiger partial charge in [-0.2, -0.15) is 0 Å². The van der Waals surface area contributed by atoms with Gasteiger partial charge in [0.1, 0.15) is 0 Å². The lowest BCUT2D eigenvalue weighted by Gasteiger charge is -2.36. The van der Waals surface area contributed by atoms with Crippen LogP contribution in [0.4, 0.5) is 11.4 Å². The Balaban J connectivity index is 1.72. The standard InChI is InChI=1S/C21H35N3O3S/c1-16(2)28(26,27)22-12-6-5-7-21(25)23-19-8-10-20(11-9-19)24-14-17(3)13-18(4)15-24/h8-11,16-18,22H,5-7,12-15H2,1-4H3,(H,23,25)/t17-,18?/m1/s1. The van der Waals surface area contributed by atoms with Crippen LogP contribution in [0.25, 0.3) is 0 Å². The summed E-state index contributed by atoms with van der Waals surface area (Å²) in [7, 11) is -3.22. The SMILES string of the molecule is CC1C[C@@H](C)CN(c2ccc(NC(=O)CCCCNS(=O)(=O)C(C)C)cc2)C1. The lowest BCUT2D eigenvalue weighted by Crippen LogP contribution is -2.38. The van der Waals surface area contributed by atoms with Crippen LogP contribution >= 0.6 is 0 Å². The van der Waals surface area contributed by atoms with E-state index in [4.69, 9.17) is 0 Å². The molecule has 0 aliphatic carbocycles. The van der Waals surface area contributed by atoms with E-state index in [0.29, 0.717) is 37.6 Å². The molecule has 6 nitrogen and oxygen atoms in total. The minimum absolute atomic E-state index is 0.0420. The van der Waals surface area contributed by atoms with Gasteiger partial charge in [-0.25, -0.2) is 13.1 Å². The number of anilines is 2. The highest BCUT2D eigenvalue weighted by Crippen LogP contribution is 2.27. The molecule has 1 aromatic carbocycles. The Labute approximate surface area is 170 Å². The molecule has 2 N–H and O–H groups in total. The van der Waals surface area contributed by atoms with Crippen molar-refractivity contribution in [2.45, 2.75) is 58.6 Å². The zero-order valence-electron chi connectivity index (χ0n) is 17.6. The van der Waals surface area contributed by atoms with Gasteiger partial charge in [0.2, 0.25) is 15.9 Å². The Bertz CT molecular complexity index is 722. The number of rotatable bonds is 9. The van der Waals surface area contributed by atoms with Crippen molar-refractivity contribution in [3.8, 4) is 0 Å². The summed E-state index contributed by atoms with van der Waals surface area (Å²) in [6.45, 7) is 10.4. The summed E-state index contributed by atoms with van der Waals surface area (Å²) in [5, 5.41) is 2.48. The average molecular weight is 410 g/mol. The highest BCUT2D eigenvalue weighted by atomic mass is 32.2. The molecule has 0 saturated carbocycles. The van der Waals surface area contributed by atoms with E-state index in [9.17, 15) is 13.2 Å². The van der Waals surface area contributed by atoms with Crippen LogP contribution in [-0.2, 0) is 14.8 Å². The normalized spacial score (nSPS) is 20.4. The Morgan fingerprint density at radius 1 is 1.11 bits per heavy atom. The van der Waals surface area contributed by atoms with Crippen molar-refractivity contribution in [1.29, 1.82) is 0 Å². The molecule has 1 fully saturated rings. The van der Waals surface area contributed by atoms with Crippen LogP contribution in [0.15, 0.2) is 24.3 Å². The predicted molar refractivity (Wildman–Crippen MR) is 116 cm³/mol. The van der Waals surface area contributed by atoms with Crippen molar-refractivity contribution in [3.05, 3.63) is 24.3 Å². The third kappa shape index (κ3) is 7.09. The number of carbonyl (C=O) groups excluding carboxylic acids is 1. The second kappa shape index (κ2) is 10.3. The van der Waals surface area contributed by atoms with Gasteiger partial charge in [0.15, 0.2) is 0 Å². The van der Waals surface area contributed by atoms with Crippen molar-refractivity contribution >= 4 is 27.3 Å². The van der Waals surface area contributed by atoms with Crippen LogP contribution in [0.5, 0.6) is 0 Å². The van der Waals surface area contributed by atoms with Gasteiger partial charge < -0.3 is 10.2 Å². The topological polar surface area (TPSA) is 78.5 Å².